The monoisotopic (exact) mass is 322 g/mol. The van der Waals surface area contributed by atoms with Crippen molar-refractivity contribution in [3.05, 3.63) is 0 Å². The lowest BCUT2D eigenvalue weighted by Gasteiger charge is -2.18. The summed E-state index contributed by atoms with van der Waals surface area (Å²) >= 11 is 0. The van der Waals surface area contributed by atoms with Crippen molar-refractivity contribution in [1.29, 1.82) is 0 Å². The van der Waals surface area contributed by atoms with Crippen molar-refractivity contribution in [2.45, 2.75) is 38.8 Å². The van der Waals surface area contributed by atoms with E-state index in [2.05, 4.69) is 5.32 Å². The van der Waals surface area contributed by atoms with Gasteiger partial charge in [0.05, 0.1) is 18.0 Å². The van der Waals surface area contributed by atoms with Gasteiger partial charge in [-0.25, -0.2) is 0 Å². The van der Waals surface area contributed by atoms with Crippen LogP contribution in [0.15, 0.2) is 0 Å². The quantitative estimate of drug-likeness (QED) is 0.429. The molecule has 21 heavy (non-hydrogen) atoms. The number of amides is 1. The van der Waals surface area contributed by atoms with Crippen LogP contribution < -0.4 is 11.1 Å². The van der Waals surface area contributed by atoms with Crippen LogP contribution in [-0.2, 0) is 18.9 Å². The van der Waals surface area contributed by atoms with Gasteiger partial charge in [-0.3, -0.25) is 18.9 Å². The molecule has 1 amide bonds. The Kier molecular flexibility index (Phi) is 7.78. The molecule has 4 unspecified atom stereocenters. The van der Waals surface area contributed by atoms with Crippen LogP contribution in [0.3, 0.4) is 0 Å². The molecule has 0 saturated carbocycles. The Bertz CT molecular complexity index is 447. The Labute approximate surface area is 123 Å². The van der Waals surface area contributed by atoms with Crippen LogP contribution in [0.4, 0.5) is 0 Å². The summed E-state index contributed by atoms with van der Waals surface area (Å²) in [5.41, 5.74) is 5.57. The molecule has 0 aromatic rings. The van der Waals surface area contributed by atoms with Crippen LogP contribution in [0.2, 0.25) is 0 Å². The van der Waals surface area contributed by atoms with Crippen molar-refractivity contribution in [2.24, 2.45) is 11.7 Å². The lowest BCUT2D eigenvalue weighted by molar-refractivity contribution is -0.143. The number of ketones is 1. The number of carbonyl (C=O) groups is 3. The van der Waals surface area contributed by atoms with Crippen LogP contribution in [0, 0.1) is 5.92 Å². The number of Topliss-reactive ketones (excluding diaryl/α,β-unsaturated/α-hetero) is 1. The van der Waals surface area contributed by atoms with Gasteiger partial charge in [0.25, 0.3) is 0 Å². The van der Waals surface area contributed by atoms with Gasteiger partial charge in [0.2, 0.25) is 5.91 Å². The Morgan fingerprint density at radius 2 is 1.81 bits per heavy atom. The fraction of sp³-hybridized carbons (Fsp3) is 0.750. The number of nitrogens with one attached hydrogen (secondary N) is 1. The standard InChI is InChI=1S/C12H23N2O6P/c1-7(12(17)18)6-10(15)8(2)14-11(16)9(13)4-5-21(3,19)20/h7-9H,4-6,13H2,1-3H3,(H,14,16)(H,17,18)(H,19,20). The van der Waals surface area contributed by atoms with Gasteiger partial charge in [-0.15, -0.1) is 0 Å². The zero-order valence-electron chi connectivity index (χ0n) is 12.4. The summed E-state index contributed by atoms with van der Waals surface area (Å²) in [6.45, 7) is 4.02. The summed E-state index contributed by atoms with van der Waals surface area (Å²) in [4.78, 5) is 43.2. The van der Waals surface area contributed by atoms with E-state index in [4.69, 9.17) is 15.7 Å². The molecular weight excluding hydrogens is 299 g/mol. The van der Waals surface area contributed by atoms with Crippen LogP contribution >= 0.6 is 7.37 Å². The first-order chi connectivity index (χ1) is 9.44. The minimum Gasteiger partial charge on any atom is -0.481 e. The number of aliphatic carboxylic acids is 1. The molecule has 0 aromatic heterocycles. The molecule has 0 saturated heterocycles. The lowest BCUT2D eigenvalue weighted by Crippen LogP contribution is -2.47. The summed E-state index contributed by atoms with van der Waals surface area (Å²) in [7, 11) is -3.23. The molecule has 5 N–H and O–H groups in total. The maximum Gasteiger partial charge on any atom is 0.306 e. The largest absolute Gasteiger partial charge is 0.481 e. The molecule has 122 valence electrons. The number of nitrogens with two attached hydrogens (primary N) is 1. The fourth-order valence-electron chi connectivity index (χ4n) is 1.48. The third-order valence-corrected chi connectivity index (χ3v) is 4.05. The average molecular weight is 322 g/mol. The second-order valence-corrected chi connectivity index (χ2v) is 7.86. The molecule has 9 heteroatoms. The topological polar surface area (TPSA) is 147 Å². The average Bonchev–Trinajstić information content (AvgIpc) is 2.34. The smallest absolute Gasteiger partial charge is 0.306 e. The van der Waals surface area contributed by atoms with Gasteiger partial charge >= 0.3 is 5.97 Å². The maximum absolute atomic E-state index is 11.7. The summed E-state index contributed by atoms with van der Waals surface area (Å²) < 4.78 is 11.1. The minimum absolute atomic E-state index is 0.0303. The number of hydrogen-bond acceptors (Lipinski definition) is 5. The van der Waals surface area contributed by atoms with Gasteiger partial charge in [0.1, 0.15) is 0 Å². The minimum atomic E-state index is -3.23. The van der Waals surface area contributed by atoms with Crippen molar-refractivity contribution in [3.63, 3.8) is 0 Å². The maximum atomic E-state index is 11.7. The van der Waals surface area contributed by atoms with Crippen molar-refractivity contribution in [3.8, 4) is 0 Å². The van der Waals surface area contributed by atoms with Gasteiger partial charge in [0, 0.05) is 19.2 Å². The number of hydrogen-bond donors (Lipinski definition) is 4. The number of rotatable bonds is 9. The van der Waals surface area contributed by atoms with E-state index in [1.807, 2.05) is 0 Å². The molecular formula is C12H23N2O6P. The van der Waals surface area contributed by atoms with Gasteiger partial charge in [-0.1, -0.05) is 6.92 Å². The molecule has 4 atom stereocenters. The third-order valence-electron chi connectivity index (χ3n) is 2.96. The second-order valence-electron chi connectivity index (χ2n) is 5.31. The first kappa shape index (κ1) is 19.8. The molecule has 0 fully saturated rings. The predicted octanol–water partition coefficient (Wildman–Crippen LogP) is -0.211. The molecule has 0 aromatic carbocycles. The molecule has 0 spiro atoms. The SMILES string of the molecule is CC(CC(=O)C(C)NC(=O)C(N)CCP(C)(=O)O)C(=O)O. The van der Waals surface area contributed by atoms with E-state index in [1.165, 1.54) is 20.5 Å². The number of carbonyl (C=O) groups excluding carboxylic acids is 2. The van der Waals surface area contributed by atoms with E-state index in [1.54, 1.807) is 0 Å². The van der Waals surface area contributed by atoms with Crippen molar-refractivity contribution < 1.29 is 28.9 Å². The van der Waals surface area contributed by atoms with E-state index >= 15 is 0 Å². The number of carboxylic acids is 1. The second kappa shape index (κ2) is 8.26. The summed E-state index contributed by atoms with van der Waals surface area (Å²) in [6, 6.07) is -1.84. The van der Waals surface area contributed by atoms with Crippen molar-refractivity contribution >= 4 is 25.0 Å². The molecule has 0 aliphatic rings. The Hall–Kier alpha value is -1.24. The van der Waals surface area contributed by atoms with Crippen molar-refractivity contribution in [1.82, 2.24) is 5.32 Å². The molecule has 0 aliphatic carbocycles. The van der Waals surface area contributed by atoms with Gasteiger partial charge in [0.15, 0.2) is 13.2 Å². The summed E-state index contributed by atoms with van der Waals surface area (Å²) in [5.74, 6) is -2.92. The Balaban J connectivity index is 4.33. The molecule has 0 bridgehead atoms. The molecule has 0 heterocycles. The molecule has 8 nitrogen and oxygen atoms in total. The first-order valence-corrected chi connectivity index (χ1v) is 8.84. The highest BCUT2D eigenvalue weighted by atomic mass is 31.2. The zero-order chi connectivity index (χ0) is 16.8. The third kappa shape index (κ3) is 8.60. The van der Waals surface area contributed by atoms with E-state index in [9.17, 15) is 18.9 Å². The predicted molar refractivity (Wildman–Crippen MR) is 77.2 cm³/mol. The molecule has 0 aliphatic heterocycles. The van der Waals surface area contributed by atoms with Gasteiger partial charge in [-0.2, -0.15) is 0 Å². The van der Waals surface area contributed by atoms with E-state index in [-0.39, 0.29) is 19.0 Å². The van der Waals surface area contributed by atoms with Crippen molar-refractivity contribution in [2.75, 3.05) is 12.8 Å². The van der Waals surface area contributed by atoms with Gasteiger partial charge in [-0.05, 0) is 13.3 Å². The van der Waals surface area contributed by atoms with Gasteiger partial charge < -0.3 is 21.1 Å². The van der Waals surface area contributed by atoms with Crippen LogP contribution in [0.25, 0.3) is 0 Å². The van der Waals surface area contributed by atoms with E-state index in [0.717, 1.165) is 0 Å². The van der Waals surface area contributed by atoms with Crippen LogP contribution in [0.5, 0.6) is 0 Å². The number of carboxylic acid groups (broad SMARTS) is 1. The normalized spacial score (nSPS) is 18.1. The summed E-state index contributed by atoms with van der Waals surface area (Å²) in [6.07, 6.45) is -0.241. The van der Waals surface area contributed by atoms with E-state index in [0.29, 0.717) is 0 Å². The highest BCUT2D eigenvalue weighted by Gasteiger charge is 2.24. The zero-order valence-corrected chi connectivity index (χ0v) is 13.3. The van der Waals surface area contributed by atoms with Crippen LogP contribution in [-0.4, -0.2) is 52.6 Å². The Morgan fingerprint density at radius 3 is 2.24 bits per heavy atom. The highest BCUT2D eigenvalue weighted by Crippen LogP contribution is 2.35. The molecule has 0 radical (unpaired) electrons. The lowest BCUT2D eigenvalue weighted by atomic mass is 10.0. The van der Waals surface area contributed by atoms with E-state index < -0.39 is 43.0 Å². The first-order valence-electron chi connectivity index (χ1n) is 6.54. The fourth-order valence-corrected chi connectivity index (χ4v) is 2.23. The summed E-state index contributed by atoms with van der Waals surface area (Å²) in [5, 5.41) is 11.1. The Morgan fingerprint density at radius 1 is 1.29 bits per heavy atom. The highest BCUT2D eigenvalue weighted by molar-refractivity contribution is 7.57. The molecule has 0 rings (SSSR count). The van der Waals surface area contributed by atoms with Crippen LogP contribution in [0.1, 0.15) is 26.7 Å².